The Morgan fingerprint density at radius 3 is 2.95 bits per heavy atom. The van der Waals surface area contributed by atoms with Gasteiger partial charge in [0.1, 0.15) is 5.82 Å². The third kappa shape index (κ3) is 5.58. The van der Waals surface area contributed by atoms with Gasteiger partial charge < -0.3 is 15.4 Å². The van der Waals surface area contributed by atoms with Crippen LogP contribution in [0.25, 0.3) is 0 Å². The van der Waals surface area contributed by atoms with Gasteiger partial charge in [0.2, 0.25) is 0 Å². The minimum atomic E-state index is -0.0208. The molecular weight excluding hydrogens is 274 g/mol. The highest BCUT2D eigenvalue weighted by Crippen LogP contribution is 2.20. The number of hydrogen-bond donors (Lipinski definition) is 2. The highest BCUT2D eigenvalue weighted by molar-refractivity contribution is 5.46. The number of aromatic nitrogens is 1. The molecule has 0 atom stereocenters. The number of methoxy groups -OCH3 is 1. The number of ether oxygens (including phenoxy) is 1. The summed E-state index contributed by atoms with van der Waals surface area (Å²) < 4.78 is 5.41. The molecule has 2 rings (SSSR count). The third-order valence-corrected chi connectivity index (χ3v) is 4.44. The minimum absolute atomic E-state index is 0.0208. The van der Waals surface area contributed by atoms with Gasteiger partial charge in [0.05, 0.1) is 5.60 Å². The van der Waals surface area contributed by atoms with Crippen molar-refractivity contribution in [2.75, 3.05) is 32.1 Å². The number of nitrogens with one attached hydrogen (secondary N) is 2. The molecule has 0 radical (unpaired) electrons. The van der Waals surface area contributed by atoms with E-state index in [0.717, 1.165) is 44.7 Å². The Hall–Kier alpha value is -1.13. The van der Waals surface area contributed by atoms with Crippen LogP contribution in [0.1, 0.15) is 50.8 Å². The van der Waals surface area contributed by atoms with Crippen molar-refractivity contribution < 1.29 is 4.74 Å². The molecule has 1 aromatic rings. The molecule has 0 aliphatic carbocycles. The van der Waals surface area contributed by atoms with E-state index in [-0.39, 0.29) is 5.60 Å². The highest BCUT2D eigenvalue weighted by Gasteiger charge is 2.14. The van der Waals surface area contributed by atoms with Crippen molar-refractivity contribution in [3.63, 3.8) is 0 Å². The summed E-state index contributed by atoms with van der Waals surface area (Å²) in [5.41, 5.74) is 2.57. The lowest BCUT2D eigenvalue weighted by atomic mass is 10.1. The van der Waals surface area contributed by atoms with Crippen molar-refractivity contribution >= 4 is 5.82 Å². The molecule has 1 aliphatic heterocycles. The van der Waals surface area contributed by atoms with Gasteiger partial charge in [0.25, 0.3) is 0 Å². The van der Waals surface area contributed by atoms with Crippen molar-refractivity contribution in [3.8, 4) is 0 Å². The largest absolute Gasteiger partial charge is 0.379 e. The van der Waals surface area contributed by atoms with E-state index < -0.39 is 0 Å². The number of nitrogens with zero attached hydrogens (tertiary/aromatic N) is 1. The molecule has 4 nitrogen and oxygen atoms in total. The summed E-state index contributed by atoms with van der Waals surface area (Å²) in [5.74, 6) is 1.11. The van der Waals surface area contributed by atoms with Gasteiger partial charge in [-0.05, 0) is 77.1 Å². The third-order valence-electron chi connectivity index (χ3n) is 4.44. The SMILES string of the molecule is COC(C)(C)CCNCCCCc1ccc2c(n1)NCCC2. The predicted octanol–water partition coefficient (Wildman–Crippen LogP) is 3.17. The Bertz CT molecular complexity index is 460. The average molecular weight is 305 g/mol. The molecule has 1 aromatic heterocycles. The van der Waals surface area contributed by atoms with Crippen LogP contribution in [-0.4, -0.2) is 37.3 Å². The monoisotopic (exact) mass is 305 g/mol. The van der Waals surface area contributed by atoms with E-state index in [0.29, 0.717) is 0 Å². The first kappa shape index (κ1) is 17.2. The summed E-state index contributed by atoms with van der Waals surface area (Å²) >= 11 is 0. The zero-order valence-electron chi connectivity index (χ0n) is 14.4. The van der Waals surface area contributed by atoms with Crippen LogP contribution in [0.3, 0.4) is 0 Å². The van der Waals surface area contributed by atoms with Crippen LogP contribution in [0.4, 0.5) is 5.82 Å². The number of rotatable bonds is 9. The Morgan fingerprint density at radius 1 is 1.27 bits per heavy atom. The van der Waals surface area contributed by atoms with Crippen molar-refractivity contribution in [2.24, 2.45) is 0 Å². The summed E-state index contributed by atoms with van der Waals surface area (Å²) in [6.07, 6.45) is 6.88. The molecule has 2 heterocycles. The zero-order chi connectivity index (χ0) is 15.8. The topological polar surface area (TPSA) is 46.2 Å². The quantitative estimate of drug-likeness (QED) is 0.688. The molecule has 4 heteroatoms. The number of pyridine rings is 1. The Kier molecular flexibility index (Phi) is 6.65. The van der Waals surface area contributed by atoms with Crippen molar-refractivity contribution in [2.45, 2.75) is 58.0 Å². The van der Waals surface area contributed by atoms with Gasteiger partial charge >= 0.3 is 0 Å². The fraction of sp³-hybridized carbons (Fsp3) is 0.722. The first-order valence-electron chi connectivity index (χ1n) is 8.59. The summed E-state index contributed by atoms with van der Waals surface area (Å²) in [6, 6.07) is 4.44. The highest BCUT2D eigenvalue weighted by atomic mass is 16.5. The van der Waals surface area contributed by atoms with Crippen LogP contribution in [0, 0.1) is 0 Å². The maximum atomic E-state index is 5.41. The number of hydrogen-bond acceptors (Lipinski definition) is 4. The second-order valence-corrected chi connectivity index (χ2v) is 6.76. The predicted molar refractivity (Wildman–Crippen MR) is 92.6 cm³/mol. The lowest BCUT2D eigenvalue weighted by molar-refractivity contribution is 0.0159. The molecule has 1 aliphatic rings. The Balaban J connectivity index is 1.59. The summed E-state index contributed by atoms with van der Waals surface area (Å²) in [6.45, 7) is 7.41. The van der Waals surface area contributed by atoms with Gasteiger partial charge in [0, 0.05) is 19.3 Å². The lowest BCUT2D eigenvalue weighted by Gasteiger charge is -2.22. The fourth-order valence-electron chi connectivity index (χ4n) is 2.68. The normalized spacial score (nSPS) is 14.5. The van der Waals surface area contributed by atoms with E-state index in [1.54, 1.807) is 7.11 Å². The summed E-state index contributed by atoms with van der Waals surface area (Å²) in [5, 5.41) is 6.90. The van der Waals surface area contributed by atoms with Crippen molar-refractivity contribution in [3.05, 3.63) is 23.4 Å². The summed E-state index contributed by atoms with van der Waals surface area (Å²) in [7, 11) is 1.78. The zero-order valence-corrected chi connectivity index (χ0v) is 14.4. The van der Waals surface area contributed by atoms with Crippen LogP contribution in [0.5, 0.6) is 0 Å². The number of anilines is 1. The smallest absolute Gasteiger partial charge is 0.129 e. The average Bonchev–Trinajstić information content (AvgIpc) is 2.54. The lowest BCUT2D eigenvalue weighted by Crippen LogP contribution is -2.29. The van der Waals surface area contributed by atoms with Crippen LogP contribution in [0.2, 0.25) is 0 Å². The molecule has 22 heavy (non-hydrogen) atoms. The van der Waals surface area contributed by atoms with E-state index in [4.69, 9.17) is 9.72 Å². The molecule has 0 saturated heterocycles. The van der Waals surface area contributed by atoms with Crippen LogP contribution >= 0.6 is 0 Å². The molecule has 0 aromatic carbocycles. The van der Waals surface area contributed by atoms with Gasteiger partial charge in [-0.3, -0.25) is 0 Å². The number of fused-ring (bicyclic) bond motifs is 1. The van der Waals surface area contributed by atoms with Crippen molar-refractivity contribution in [1.82, 2.24) is 10.3 Å². The van der Waals surface area contributed by atoms with Gasteiger partial charge in [-0.1, -0.05) is 6.07 Å². The van der Waals surface area contributed by atoms with E-state index in [1.165, 1.54) is 30.5 Å². The van der Waals surface area contributed by atoms with Gasteiger partial charge in [-0.2, -0.15) is 0 Å². The molecular formula is C18H31N3O. The Morgan fingerprint density at radius 2 is 2.14 bits per heavy atom. The van der Waals surface area contributed by atoms with E-state index in [2.05, 4.69) is 36.6 Å². The second kappa shape index (κ2) is 8.49. The van der Waals surface area contributed by atoms with E-state index >= 15 is 0 Å². The first-order chi connectivity index (χ1) is 10.6. The minimum Gasteiger partial charge on any atom is -0.379 e. The standard InChI is InChI=1S/C18H31N3O/c1-18(2,22-3)11-14-19-12-5-4-8-16-10-9-15-7-6-13-20-17(15)21-16/h9-10,19H,4-8,11-14H2,1-3H3,(H,20,21). The molecule has 0 amide bonds. The fourth-order valence-corrected chi connectivity index (χ4v) is 2.68. The van der Waals surface area contributed by atoms with Gasteiger partial charge in [-0.15, -0.1) is 0 Å². The number of aryl methyl sites for hydroxylation is 2. The molecule has 124 valence electrons. The van der Waals surface area contributed by atoms with E-state index in [9.17, 15) is 0 Å². The molecule has 0 fully saturated rings. The molecule has 0 spiro atoms. The first-order valence-corrected chi connectivity index (χ1v) is 8.59. The number of unbranched alkanes of at least 4 members (excludes halogenated alkanes) is 1. The molecule has 2 N–H and O–H groups in total. The summed E-state index contributed by atoms with van der Waals surface area (Å²) in [4.78, 5) is 4.74. The van der Waals surface area contributed by atoms with Gasteiger partial charge in [0.15, 0.2) is 0 Å². The van der Waals surface area contributed by atoms with Gasteiger partial charge in [-0.25, -0.2) is 4.98 Å². The Labute approximate surface area is 135 Å². The van der Waals surface area contributed by atoms with Crippen LogP contribution in [0.15, 0.2) is 12.1 Å². The molecule has 0 unspecified atom stereocenters. The molecule has 0 saturated carbocycles. The van der Waals surface area contributed by atoms with E-state index in [1.807, 2.05) is 0 Å². The second-order valence-electron chi connectivity index (χ2n) is 6.76. The van der Waals surface area contributed by atoms with Crippen molar-refractivity contribution in [1.29, 1.82) is 0 Å². The maximum absolute atomic E-state index is 5.41. The van der Waals surface area contributed by atoms with Crippen LogP contribution < -0.4 is 10.6 Å². The molecule has 0 bridgehead atoms. The maximum Gasteiger partial charge on any atom is 0.129 e. The van der Waals surface area contributed by atoms with Crippen LogP contribution in [-0.2, 0) is 17.6 Å².